The van der Waals surface area contributed by atoms with Crippen molar-refractivity contribution >= 4 is 11.6 Å². The molecule has 128 valence electrons. The highest BCUT2D eigenvalue weighted by molar-refractivity contribution is 5.94. The molecule has 0 aliphatic heterocycles. The van der Waals surface area contributed by atoms with Gasteiger partial charge in [0.05, 0.1) is 0 Å². The van der Waals surface area contributed by atoms with Crippen LogP contribution in [-0.2, 0) is 4.79 Å². The average molecular weight is 325 g/mol. The summed E-state index contributed by atoms with van der Waals surface area (Å²) >= 11 is 0. The summed E-state index contributed by atoms with van der Waals surface area (Å²) in [6, 6.07) is 14.0. The Bertz CT molecular complexity index is 689. The van der Waals surface area contributed by atoms with Crippen molar-refractivity contribution in [1.29, 1.82) is 0 Å². The van der Waals surface area contributed by atoms with Crippen molar-refractivity contribution in [2.45, 2.75) is 53.1 Å². The largest absolute Gasteiger partial charge is 0.480 e. The Balaban J connectivity index is 2.05. The van der Waals surface area contributed by atoms with E-state index in [-0.39, 0.29) is 5.91 Å². The molecule has 0 saturated heterocycles. The number of aryl methyl sites for hydroxylation is 2. The molecule has 0 spiro atoms. The Labute approximate surface area is 145 Å². The Morgan fingerprint density at radius 3 is 2.29 bits per heavy atom. The molecule has 0 radical (unpaired) electrons. The minimum Gasteiger partial charge on any atom is -0.480 e. The maximum absolute atomic E-state index is 12.5. The molecule has 0 saturated carbocycles. The van der Waals surface area contributed by atoms with Crippen LogP contribution >= 0.6 is 0 Å². The van der Waals surface area contributed by atoms with Gasteiger partial charge < -0.3 is 10.1 Å². The number of rotatable bonds is 6. The summed E-state index contributed by atoms with van der Waals surface area (Å²) in [6.07, 6.45) is 0.111. The van der Waals surface area contributed by atoms with Gasteiger partial charge in [-0.05, 0) is 55.5 Å². The minimum atomic E-state index is -0.504. The molecule has 0 aliphatic rings. The zero-order valence-corrected chi connectivity index (χ0v) is 15.2. The first-order chi connectivity index (χ1) is 11.4. The highest BCUT2D eigenvalue weighted by Gasteiger charge is 2.19. The van der Waals surface area contributed by atoms with Crippen LogP contribution in [0.3, 0.4) is 0 Å². The second-order valence-electron chi connectivity index (χ2n) is 6.55. The van der Waals surface area contributed by atoms with Crippen molar-refractivity contribution in [2.24, 2.45) is 0 Å². The van der Waals surface area contributed by atoms with Crippen molar-refractivity contribution in [1.82, 2.24) is 0 Å². The van der Waals surface area contributed by atoms with Gasteiger partial charge in [0, 0.05) is 5.69 Å². The molecule has 0 bridgehead atoms. The summed E-state index contributed by atoms with van der Waals surface area (Å²) in [6.45, 7) is 10.3. The predicted octanol–water partition coefficient (Wildman–Crippen LogP) is 5.22. The number of ether oxygens (including phenoxy) is 1. The molecule has 2 aromatic rings. The van der Waals surface area contributed by atoms with Crippen molar-refractivity contribution < 1.29 is 9.53 Å². The molecule has 3 nitrogen and oxygen atoms in total. The van der Waals surface area contributed by atoms with Crippen LogP contribution < -0.4 is 10.1 Å². The van der Waals surface area contributed by atoms with E-state index in [1.165, 1.54) is 11.1 Å². The number of hydrogen-bond donors (Lipinski definition) is 1. The van der Waals surface area contributed by atoms with Crippen LogP contribution in [0.2, 0.25) is 0 Å². The molecule has 1 atom stereocenters. The lowest BCUT2D eigenvalue weighted by atomic mass is 10.0. The number of benzene rings is 2. The average Bonchev–Trinajstić information content (AvgIpc) is 2.54. The van der Waals surface area contributed by atoms with E-state index in [9.17, 15) is 4.79 Å². The monoisotopic (exact) mass is 325 g/mol. The Morgan fingerprint density at radius 1 is 1.08 bits per heavy atom. The van der Waals surface area contributed by atoms with E-state index in [4.69, 9.17) is 4.74 Å². The van der Waals surface area contributed by atoms with Gasteiger partial charge in [-0.2, -0.15) is 0 Å². The standard InChI is InChI=1S/C21H27NO2/c1-6-19(24-20-12-7-15(4)13-16(20)5)21(23)22-18-10-8-17(9-11-18)14(2)3/h7-14,19H,6H2,1-5H3,(H,22,23). The highest BCUT2D eigenvalue weighted by atomic mass is 16.5. The fourth-order valence-electron chi connectivity index (χ4n) is 2.58. The number of hydrogen-bond acceptors (Lipinski definition) is 2. The molecule has 0 aliphatic carbocycles. The fraction of sp³-hybridized carbons (Fsp3) is 0.381. The number of amides is 1. The lowest BCUT2D eigenvalue weighted by molar-refractivity contribution is -0.122. The molecule has 1 unspecified atom stereocenters. The number of carbonyl (C=O) groups excluding carboxylic acids is 1. The maximum atomic E-state index is 12.5. The van der Waals surface area contributed by atoms with Crippen molar-refractivity contribution in [3.8, 4) is 5.75 Å². The molecule has 3 heteroatoms. The van der Waals surface area contributed by atoms with Gasteiger partial charge in [-0.25, -0.2) is 0 Å². The molecule has 2 aromatic carbocycles. The van der Waals surface area contributed by atoms with Gasteiger partial charge >= 0.3 is 0 Å². The summed E-state index contributed by atoms with van der Waals surface area (Å²) in [5.41, 5.74) is 4.28. The first kappa shape index (κ1) is 18.1. The van der Waals surface area contributed by atoms with Crippen molar-refractivity contribution in [3.63, 3.8) is 0 Å². The zero-order chi connectivity index (χ0) is 17.7. The molecule has 2 rings (SSSR count). The number of anilines is 1. The molecule has 0 aromatic heterocycles. The molecule has 1 amide bonds. The van der Waals surface area contributed by atoms with Crippen molar-refractivity contribution in [3.05, 3.63) is 59.2 Å². The van der Waals surface area contributed by atoms with E-state index in [2.05, 4.69) is 25.2 Å². The number of nitrogens with one attached hydrogen (secondary N) is 1. The highest BCUT2D eigenvalue weighted by Crippen LogP contribution is 2.22. The summed E-state index contributed by atoms with van der Waals surface area (Å²) < 4.78 is 5.93. The Morgan fingerprint density at radius 2 is 1.75 bits per heavy atom. The van der Waals surface area contributed by atoms with E-state index in [0.717, 1.165) is 17.0 Å². The van der Waals surface area contributed by atoms with Crippen LogP contribution in [0.5, 0.6) is 5.75 Å². The SMILES string of the molecule is CCC(Oc1ccc(C)cc1C)C(=O)Nc1ccc(C(C)C)cc1. The third-order valence-electron chi connectivity index (χ3n) is 4.11. The molecular formula is C21H27NO2. The quantitative estimate of drug-likeness (QED) is 0.790. The fourth-order valence-corrected chi connectivity index (χ4v) is 2.58. The van der Waals surface area contributed by atoms with Gasteiger partial charge in [0.25, 0.3) is 5.91 Å². The normalized spacial score (nSPS) is 12.1. The summed E-state index contributed by atoms with van der Waals surface area (Å²) in [5.74, 6) is 1.12. The van der Waals surface area contributed by atoms with Crippen LogP contribution in [-0.4, -0.2) is 12.0 Å². The molecule has 0 fully saturated rings. The third kappa shape index (κ3) is 4.60. The van der Waals surface area contributed by atoms with E-state index in [1.54, 1.807) is 0 Å². The zero-order valence-electron chi connectivity index (χ0n) is 15.2. The van der Waals surface area contributed by atoms with E-state index in [1.807, 2.05) is 57.2 Å². The Hall–Kier alpha value is -2.29. The van der Waals surface area contributed by atoms with Crippen LogP contribution in [0.15, 0.2) is 42.5 Å². The number of carbonyl (C=O) groups is 1. The van der Waals surface area contributed by atoms with Crippen LogP contribution in [0.4, 0.5) is 5.69 Å². The summed E-state index contributed by atoms with van der Waals surface area (Å²) in [7, 11) is 0. The van der Waals surface area contributed by atoms with Gasteiger partial charge in [-0.3, -0.25) is 4.79 Å². The smallest absolute Gasteiger partial charge is 0.265 e. The summed E-state index contributed by atoms with van der Waals surface area (Å²) in [4.78, 5) is 12.5. The van der Waals surface area contributed by atoms with Crippen LogP contribution in [0.1, 0.15) is 49.8 Å². The molecule has 24 heavy (non-hydrogen) atoms. The second-order valence-corrected chi connectivity index (χ2v) is 6.55. The van der Waals surface area contributed by atoms with E-state index >= 15 is 0 Å². The first-order valence-corrected chi connectivity index (χ1v) is 8.55. The molecule has 1 N–H and O–H groups in total. The molecule has 0 heterocycles. The lowest BCUT2D eigenvalue weighted by Gasteiger charge is -2.19. The second kappa shape index (κ2) is 8.00. The van der Waals surface area contributed by atoms with E-state index < -0.39 is 6.10 Å². The van der Waals surface area contributed by atoms with Crippen LogP contribution in [0.25, 0.3) is 0 Å². The predicted molar refractivity (Wildman–Crippen MR) is 99.8 cm³/mol. The Kier molecular flexibility index (Phi) is 6.02. The molecular weight excluding hydrogens is 298 g/mol. The topological polar surface area (TPSA) is 38.3 Å². The van der Waals surface area contributed by atoms with Crippen molar-refractivity contribution in [2.75, 3.05) is 5.32 Å². The van der Waals surface area contributed by atoms with Gasteiger partial charge in [0.2, 0.25) is 0 Å². The van der Waals surface area contributed by atoms with Gasteiger partial charge in [0.15, 0.2) is 6.10 Å². The van der Waals surface area contributed by atoms with Gasteiger partial charge in [0.1, 0.15) is 5.75 Å². The summed E-state index contributed by atoms with van der Waals surface area (Å²) in [5, 5.41) is 2.95. The lowest BCUT2D eigenvalue weighted by Crippen LogP contribution is -2.32. The van der Waals surface area contributed by atoms with Crippen LogP contribution in [0, 0.1) is 13.8 Å². The first-order valence-electron chi connectivity index (χ1n) is 8.55. The van der Waals surface area contributed by atoms with Gasteiger partial charge in [-0.1, -0.05) is 50.6 Å². The third-order valence-corrected chi connectivity index (χ3v) is 4.11. The van der Waals surface area contributed by atoms with Gasteiger partial charge in [-0.15, -0.1) is 0 Å². The maximum Gasteiger partial charge on any atom is 0.265 e. The minimum absolute atomic E-state index is 0.116. The van der Waals surface area contributed by atoms with E-state index in [0.29, 0.717) is 12.3 Å².